The Labute approximate surface area is 90.9 Å². The minimum Gasteiger partial charge on any atom is -0.0840 e. The summed E-state index contributed by atoms with van der Waals surface area (Å²) < 4.78 is 0. The van der Waals surface area contributed by atoms with Crippen LogP contribution in [0.25, 0.3) is 6.08 Å². The van der Waals surface area contributed by atoms with Gasteiger partial charge in [0.1, 0.15) is 0 Å². The van der Waals surface area contributed by atoms with Gasteiger partial charge in [0.15, 0.2) is 0 Å². The summed E-state index contributed by atoms with van der Waals surface area (Å²) in [5, 5.41) is 0.816. The zero-order valence-electron chi connectivity index (χ0n) is 8.84. The van der Waals surface area contributed by atoms with Crippen LogP contribution in [-0.4, -0.2) is 0 Å². The van der Waals surface area contributed by atoms with Gasteiger partial charge in [0.2, 0.25) is 0 Å². The Kier molecular flexibility index (Phi) is 3.97. The highest BCUT2D eigenvalue weighted by Gasteiger charge is 1.97. The van der Waals surface area contributed by atoms with Crippen LogP contribution in [0.2, 0.25) is 0 Å². The maximum absolute atomic E-state index is 6.16. The lowest BCUT2D eigenvalue weighted by Gasteiger charge is -2.02. The summed E-state index contributed by atoms with van der Waals surface area (Å²) in [6.07, 6.45) is 1.99. The van der Waals surface area contributed by atoms with Crippen molar-refractivity contribution in [1.82, 2.24) is 0 Å². The molecule has 0 bridgehead atoms. The second-order valence-corrected chi connectivity index (χ2v) is 3.94. The molecule has 0 N–H and O–H groups in total. The predicted molar refractivity (Wildman–Crippen MR) is 64.3 cm³/mol. The summed E-state index contributed by atoms with van der Waals surface area (Å²) in [6.45, 7) is 6.17. The fourth-order valence-electron chi connectivity index (χ4n) is 1.04. The SMILES string of the molecule is CC(C)=C(C)/C(Cl)=C\c1ccccc1. The molecule has 0 unspecified atom stereocenters. The molecule has 1 aromatic carbocycles. The van der Waals surface area contributed by atoms with Gasteiger partial charge in [-0.25, -0.2) is 0 Å². The van der Waals surface area contributed by atoms with Crippen LogP contribution in [-0.2, 0) is 0 Å². The summed E-state index contributed by atoms with van der Waals surface area (Å²) >= 11 is 6.16. The van der Waals surface area contributed by atoms with Crippen molar-refractivity contribution in [2.45, 2.75) is 20.8 Å². The van der Waals surface area contributed by atoms with Crippen LogP contribution in [0.15, 0.2) is 46.5 Å². The first-order valence-electron chi connectivity index (χ1n) is 4.68. The number of benzene rings is 1. The van der Waals surface area contributed by atoms with Crippen LogP contribution in [0.4, 0.5) is 0 Å². The van der Waals surface area contributed by atoms with Crippen LogP contribution >= 0.6 is 11.6 Å². The molecule has 1 heteroatoms. The summed E-state index contributed by atoms with van der Waals surface area (Å²) in [7, 11) is 0. The van der Waals surface area contributed by atoms with Gasteiger partial charge in [-0.05, 0) is 38.0 Å². The van der Waals surface area contributed by atoms with Crippen LogP contribution < -0.4 is 0 Å². The Morgan fingerprint density at radius 2 is 1.64 bits per heavy atom. The third kappa shape index (κ3) is 3.04. The van der Waals surface area contributed by atoms with Crippen molar-refractivity contribution >= 4 is 17.7 Å². The summed E-state index contributed by atoms with van der Waals surface area (Å²) in [5.74, 6) is 0. The first-order valence-corrected chi connectivity index (χ1v) is 5.05. The number of halogens is 1. The maximum Gasteiger partial charge on any atom is 0.0440 e. The van der Waals surface area contributed by atoms with E-state index in [0.29, 0.717) is 0 Å². The number of hydrogen-bond acceptors (Lipinski definition) is 0. The molecule has 0 saturated heterocycles. The molecular weight excluding hydrogens is 192 g/mol. The zero-order chi connectivity index (χ0) is 10.6. The standard InChI is InChI=1S/C13H15Cl/c1-10(2)11(3)13(14)9-12-7-5-4-6-8-12/h4-9H,1-3H3/b13-9+. The van der Waals surface area contributed by atoms with Crippen molar-refractivity contribution in [3.05, 3.63) is 52.1 Å². The van der Waals surface area contributed by atoms with Gasteiger partial charge in [0.25, 0.3) is 0 Å². The highest BCUT2D eigenvalue weighted by molar-refractivity contribution is 6.34. The highest BCUT2D eigenvalue weighted by atomic mass is 35.5. The van der Waals surface area contributed by atoms with Gasteiger partial charge in [-0.15, -0.1) is 0 Å². The molecule has 0 fully saturated rings. The van der Waals surface area contributed by atoms with E-state index in [1.54, 1.807) is 0 Å². The lowest BCUT2D eigenvalue weighted by molar-refractivity contribution is 1.29. The van der Waals surface area contributed by atoms with E-state index in [0.717, 1.165) is 16.2 Å². The average molecular weight is 207 g/mol. The first-order chi connectivity index (χ1) is 6.61. The van der Waals surface area contributed by atoms with Crippen molar-refractivity contribution in [1.29, 1.82) is 0 Å². The normalized spacial score (nSPS) is 11.3. The van der Waals surface area contributed by atoms with E-state index in [4.69, 9.17) is 11.6 Å². The van der Waals surface area contributed by atoms with E-state index in [-0.39, 0.29) is 0 Å². The molecule has 0 aromatic heterocycles. The molecule has 0 amide bonds. The lowest BCUT2D eigenvalue weighted by atomic mass is 10.1. The Balaban J connectivity index is 2.96. The van der Waals surface area contributed by atoms with Gasteiger partial charge in [0.05, 0.1) is 0 Å². The smallest absolute Gasteiger partial charge is 0.0440 e. The first kappa shape index (κ1) is 11.1. The Morgan fingerprint density at radius 1 is 1.07 bits per heavy atom. The van der Waals surface area contributed by atoms with Crippen LogP contribution in [0.5, 0.6) is 0 Å². The minimum atomic E-state index is 0.816. The number of hydrogen-bond donors (Lipinski definition) is 0. The van der Waals surface area contributed by atoms with E-state index in [9.17, 15) is 0 Å². The van der Waals surface area contributed by atoms with E-state index < -0.39 is 0 Å². The van der Waals surface area contributed by atoms with E-state index in [2.05, 4.69) is 13.8 Å². The second kappa shape index (κ2) is 5.02. The molecule has 14 heavy (non-hydrogen) atoms. The molecule has 0 atom stereocenters. The molecule has 0 heterocycles. The van der Waals surface area contributed by atoms with Crippen molar-refractivity contribution in [3.63, 3.8) is 0 Å². The van der Waals surface area contributed by atoms with E-state index >= 15 is 0 Å². The lowest BCUT2D eigenvalue weighted by Crippen LogP contribution is -1.80. The van der Waals surface area contributed by atoms with Crippen LogP contribution in [0, 0.1) is 0 Å². The van der Waals surface area contributed by atoms with Gasteiger partial charge < -0.3 is 0 Å². The van der Waals surface area contributed by atoms with Crippen molar-refractivity contribution in [2.75, 3.05) is 0 Å². The molecule has 0 aliphatic rings. The summed E-state index contributed by atoms with van der Waals surface area (Å²) in [5.41, 5.74) is 3.54. The van der Waals surface area contributed by atoms with Crippen LogP contribution in [0.1, 0.15) is 26.3 Å². The predicted octanol–water partition coefficient (Wildman–Crippen LogP) is 4.62. The van der Waals surface area contributed by atoms with Gasteiger partial charge in [-0.1, -0.05) is 47.5 Å². The van der Waals surface area contributed by atoms with Crippen molar-refractivity contribution in [2.24, 2.45) is 0 Å². The third-order valence-corrected chi connectivity index (χ3v) is 2.59. The van der Waals surface area contributed by atoms with Gasteiger partial charge in [-0.3, -0.25) is 0 Å². The maximum atomic E-state index is 6.16. The highest BCUT2D eigenvalue weighted by Crippen LogP contribution is 2.20. The molecule has 0 radical (unpaired) electrons. The molecular formula is C13H15Cl. The molecule has 0 nitrogen and oxygen atoms in total. The van der Waals surface area contributed by atoms with E-state index in [1.807, 2.05) is 43.3 Å². The summed E-state index contributed by atoms with van der Waals surface area (Å²) in [6, 6.07) is 10.1. The monoisotopic (exact) mass is 206 g/mol. The number of rotatable bonds is 2. The van der Waals surface area contributed by atoms with Crippen molar-refractivity contribution < 1.29 is 0 Å². The largest absolute Gasteiger partial charge is 0.0840 e. The van der Waals surface area contributed by atoms with Crippen molar-refractivity contribution in [3.8, 4) is 0 Å². The Morgan fingerprint density at radius 3 is 2.14 bits per heavy atom. The van der Waals surface area contributed by atoms with E-state index in [1.165, 1.54) is 5.57 Å². The minimum absolute atomic E-state index is 0.816. The average Bonchev–Trinajstić information content (AvgIpc) is 2.18. The molecule has 0 aliphatic heterocycles. The molecule has 74 valence electrons. The Hall–Kier alpha value is -1.01. The molecule has 1 aromatic rings. The van der Waals surface area contributed by atoms with Crippen LogP contribution in [0.3, 0.4) is 0 Å². The number of allylic oxidation sites excluding steroid dienone is 3. The summed E-state index contributed by atoms with van der Waals surface area (Å²) in [4.78, 5) is 0. The molecule has 0 saturated carbocycles. The topological polar surface area (TPSA) is 0 Å². The van der Waals surface area contributed by atoms with Gasteiger partial charge in [0, 0.05) is 5.03 Å². The second-order valence-electron chi connectivity index (χ2n) is 3.53. The Bertz CT molecular complexity index is 354. The fourth-order valence-corrected chi connectivity index (χ4v) is 1.36. The molecule has 0 spiro atoms. The zero-order valence-corrected chi connectivity index (χ0v) is 9.60. The molecule has 1 rings (SSSR count). The van der Waals surface area contributed by atoms with Gasteiger partial charge >= 0.3 is 0 Å². The third-order valence-electron chi connectivity index (χ3n) is 2.20. The molecule has 0 aliphatic carbocycles. The van der Waals surface area contributed by atoms with Gasteiger partial charge in [-0.2, -0.15) is 0 Å². The quantitative estimate of drug-likeness (QED) is 0.620. The fraction of sp³-hybridized carbons (Fsp3) is 0.231.